The third kappa shape index (κ3) is 5.58. The lowest BCUT2D eigenvalue weighted by molar-refractivity contribution is 0.318. The van der Waals surface area contributed by atoms with Crippen molar-refractivity contribution in [3.63, 3.8) is 0 Å². The van der Waals surface area contributed by atoms with Gasteiger partial charge in [-0.3, -0.25) is 0 Å². The molecule has 1 aromatic carbocycles. The first kappa shape index (κ1) is 17.8. The monoisotopic (exact) mass is 293 g/mol. The van der Waals surface area contributed by atoms with E-state index in [2.05, 4.69) is 39.1 Å². The van der Waals surface area contributed by atoms with Gasteiger partial charge in [-0.15, -0.1) is 0 Å². The highest BCUT2D eigenvalue weighted by atomic mass is 16.5. The number of benzene rings is 1. The molecule has 21 heavy (non-hydrogen) atoms. The molecule has 0 spiro atoms. The van der Waals surface area contributed by atoms with Crippen LogP contribution in [0.25, 0.3) is 0 Å². The van der Waals surface area contributed by atoms with Gasteiger partial charge in [0.1, 0.15) is 0 Å². The fraction of sp³-hybridized carbons (Fsp3) is 0.667. The summed E-state index contributed by atoms with van der Waals surface area (Å²) in [6.45, 7) is 10.1. The number of hydrogen-bond acceptors (Lipinski definition) is 3. The quantitative estimate of drug-likeness (QED) is 0.761. The Morgan fingerprint density at radius 1 is 1.14 bits per heavy atom. The molecule has 0 fully saturated rings. The third-order valence-corrected chi connectivity index (χ3v) is 3.63. The van der Waals surface area contributed by atoms with Gasteiger partial charge in [0.15, 0.2) is 11.5 Å². The molecule has 0 radical (unpaired) electrons. The Morgan fingerprint density at radius 2 is 1.86 bits per heavy atom. The number of ether oxygens (including phenoxy) is 2. The maximum Gasteiger partial charge on any atom is 0.165 e. The molecule has 0 aromatic heterocycles. The first-order valence-corrected chi connectivity index (χ1v) is 7.87. The number of methoxy groups -OCH3 is 2. The van der Waals surface area contributed by atoms with E-state index >= 15 is 0 Å². The zero-order valence-electron chi connectivity index (χ0n) is 14.5. The van der Waals surface area contributed by atoms with Gasteiger partial charge in [0.2, 0.25) is 0 Å². The second-order valence-electron chi connectivity index (χ2n) is 6.69. The summed E-state index contributed by atoms with van der Waals surface area (Å²) in [6, 6.07) is 6.42. The molecule has 120 valence electrons. The van der Waals surface area contributed by atoms with Crippen molar-refractivity contribution in [3.8, 4) is 11.5 Å². The molecule has 3 nitrogen and oxygen atoms in total. The molecule has 0 saturated carbocycles. The molecular formula is C18H31NO2. The van der Waals surface area contributed by atoms with Crippen molar-refractivity contribution >= 4 is 0 Å². The second kappa shape index (κ2) is 8.28. The van der Waals surface area contributed by atoms with Crippen LogP contribution in [-0.2, 0) is 0 Å². The van der Waals surface area contributed by atoms with Gasteiger partial charge >= 0.3 is 0 Å². The van der Waals surface area contributed by atoms with Gasteiger partial charge in [-0.1, -0.05) is 39.8 Å². The first-order valence-electron chi connectivity index (χ1n) is 7.87. The van der Waals surface area contributed by atoms with Gasteiger partial charge < -0.3 is 14.8 Å². The summed E-state index contributed by atoms with van der Waals surface area (Å²) in [4.78, 5) is 0. The predicted octanol–water partition coefficient (Wildman–Crippen LogP) is 4.57. The molecule has 1 atom stereocenters. The average molecular weight is 293 g/mol. The van der Waals surface area contributed by atoms with E-state index in [1.54, 1.807) is 14.2 Å². The van der Waals surface area contributed by atoms with E-state index in [0.29, 0.717) is 11.5 Å². The largest absolute Gasteiger partial charge is 0.493 e. The predicted molar refractivity (Wildman–Crippen MR) is 89.3 cm³/mol. The fourth-order valence-electron chi connectivity index (χ4n) is 2.45. The minimum absolute atomic E-state index is 0.300. The molecule has 0 bridgehead atoms. The van der Waals surface area contributed by atoms with Crippen LogP contribution in [-0.4, -0.2) is 20.8 Å². The van der Waals surface area contributed by atoms with Gasteiger partial charge in [-0.2, -0.15) is 0 Å². The van der Waals surface area contributed by atoms with Crippen LogP contribution >= 0.6 is 0 Å². The SMILES string of the molecule is CCCNC(CCC(C)(C)C)c1cccc(OC)c1OC. The summed E-state index contributed by atoms with van der Waals surface area (Å²) in [5.41, 5.74) is 1.52. The normalized spacial score (nSPS) is 13.0. The summed E-state index contributed by atoms with van der Waals surface area (Å²) in [5.74, 6) is 1.65. The molecular weight excluding hydrogens is 262 g/mol. The molecule has 1 rings (SSSR count). The molecule has 1 aromatic rings. The summed E-state index contributed by atoms with van der Waals surface area (Å²) < 4.78 is 11.0. The lowest BCUT2D eigenvalue weighted by Gasteiger charge is -2.26. The zero-order valence-corrected chi connectivity index (χ0v) is 14.5. The molecule has 0 aliphatic rings. The van der Waals surface area contributed by atoms with Gasteiger partial charge in [-0.25, -0.2) is 0 Å². The van der Waals surface area contributed by atoms with Crippen molar-refractivity contribution in [1.82, 2.24) is 5.32 Å². The van der Waals surface area contributed by atoms with Crippen LogP contribution < -0.4 is 14.8 Å². The number of hydrogen-bond donors (Lipinski definition) is 1. The Kier molecular flexibility index (Phi) is 7.03. The first-order chi connectivity index (χ1) is 9.92. The van der Waals surface area contributed by atoms with Crippen molar-refractivity contribution in [3.05, 3.63) is 23.8 Å². The van der Waals surface area contributed by atoms with Crippen LogP contribution in [0, 0.1) is 5.41 Å². The molecule has 0 saturated heterocycles. The van der Waals surface area contributed by atoms with Crippen LogP contribution in [0.1, 0.15) is 58.6 Å². The van der Waals surface area contributed by atoms with Crippen LogP contribution in [0.3, 0.4) is 0 Å². The minimum Gasteiger partial charge on any atom is -0.493 e. The highest BCUT2D eigenvalue weighted by Gasteiger charge is 2.21. The van der Waals surface area contributed by atoms with Crippen molar-refractivity contribution in [2.45, 2.75) is 53.0 Å². The van der Waals surface area contributed by atoms with E-state index in [0.717, 1.165) is 37.3 Å². The standard InChI is InChI=1S/C18H31NO2/c1-7-13-19-15(11-12-18(2,3)4)14-9-8-10-16(20-5)17(14)21-6/h8-10,15,19H,7,11-13H2,1-6H3. The lowest BCUT2D eigenvalue weighted by atomic mass is 9.87. The minimum atomic E-state index is 0.300. The Balaban J connectivity index is 3.01. The number of rotatable bonds is 8. The van der Waals surface area contributed by atoms with E-state index in [1.165, 1.54) is 5.56 Å². The highest BCUT2D eigenvalue weighted by molar-refractivity contribution is 5.48. The van der Waals surface area contributed by atoms with Gasteiger partial charge in [0.25, 0.3) is 0 Å². The van der Waals surface area contributed by atoms with Gasteiger partial charge in [0, 0.05) is 11.6 Å². The zero-order chi connectivity index (χ0) is 15.9. The van der Waals surface area contributed by atoms with Crippen LogP contribution in [0.15, 0.2) is 18.2 Å². The van der Waals surface area contributed by atoms with Crippen molar-refractivity contribution in [2.24, 2.45) is 5.41 Å². The van der Waals surface area contributed by atoms with Crippen LogP contribution in [0.2, 0.25) is 0 Å². The number of nitrogens with one attached hydrogen (secondary N) is 1. The third-order valence-electron chi connectivity index (χ3n) is 3.63. The van der Waals surface area contributed by atoms with E-state index in [4.69, 9.17) is 9.47 Å². The molecule has 0 aliphatic heterocycles. The molecule has 0 heterocycles. The Bertz CT molecular complexity index is 424. The van der Waals surface area contributed by atoms with Gasteiger partial charge in [-0.05, 0) is 37.3 Å². The molecule has 1 N–H and O–H groups in total. The summed E-state index contributed by atoms with van der Waals surface area (Å²) in [5, 5.41) is 3.65. The van der Waals surface area contributed by atoms with E-state index in [-0.39, 0.29) is 0 Å². The topological polar surface area (TPSA) is 30.5 Å². The van der Waals surface area contributed by atoms with E-state index in [1.807, 2.05) is 12.1 Å². The van der Waals surface area contributed by atoms with Gasteiger partial charge in [0.05, 0.1) is 14.2 Å². The molecule has 3 heteroatoms. The van der Waals surface area contributed by atoms with E-state index < -0.39 is 0 Å². The maximum atomic E-state index is 5.60. The smallest absolute Gasteiger partial charge is 0.165 e. The van der Waals surface area contributed by atoms with Crippen molar-refractivity contribution in [1.29, 1.82) is 0 Å². The molecule has 0 amide bonds. The Labute approximate surface area is 130 Å². The molecule has 0 aliphatic carbocycles. The van der Waals surface area contributed by atoms with Crippen LogP contribution in [0.5, 0.6) is 11.5 Å². The van der Waals surface area contributed by atoms with Crippen molar-refractivity contribution in [2.75, 3.05) is 20.8 Å². The summed E-state index contributed by atoms with van der Waals surface area (Å²) in [7, 11) is 3.40. The van der Waals surface area contributed by atoms with Crippen molar-refractivity contribution < 1.29 is 9.47 Å². The Hall–Kier alpha value is -1.22. The molecule has 1 unspecified atom stereocenters. The number of para-hydroxylation sites is 1. The fourth-order valence-corrected chi connectivity index (χ4v) is 2.45. The maximum absolute atomic E-state index is 5.60. The van der Waals surface area contributed by atoms with E-state index in [9.17, 15) is 0 Å². The lowest BCUT2D eigenvalue weighted by Crippen LogP contribution is -2.24. The highest BCUT2D eigenvalue weighted by Crippen LogP contribution is 2.37. The second-order valence-corrected chi connectivity index (χ2v) is 6.69. The Morgan fingerprint density at radius 3 is 2.38 bits per heavy atom. The summed E-state index contributed by atoms with van der Waals surface area (Å²) >= 11 is 0. The average Bonchev–Trinajstić information content (AvgIpc) is 2.45. The summed E-state index contributed by atoms with van der Waals surface area (Å²) in [6.07, 6.45) is 3.38. The van der Waals surface area contributed by atoms with Crippen LogP contribution in [0.4, 0.5) is 0 Å².